The van der Waals surface area contributed by atoms with Crippen molar-refractivity contribution in [3.05, 3.63) is 29.8 Å². The second-order valence-electron chi connectivity index (χ2n) is 5.66. The summed E-state index contributed by atoms with van der Waals surface area (Å²) >= 11 is 2.10. The van der Waals surface area contributed by atoms with Crippen molar-refractivity contribution < 1.29 is 4.74 Å². The zero-order chi connectivity index (χ0) is 14.4. The molecule has 1 aromatic carbocycles. The smallest absolute Gasteiger partial charge is 0.118 e. The molecular weight excluding hydrogens is 266 g/mol. The molecule has 2 unspecified atom stereocenters. The van der Waals surface area contributed by atoms with Crippen molar-refractivity contribution in [3.63, 3.8) is 0 Å². The predicted octanol–water partition coefficient (Wildman–Crippen LogP) is 4.54. The molecule has 2 rings (SSSR count). The standard InChI is InChI=1S/C17H27NOS/c1-3-16(18)17(20-15-7-5-4-6-8-15)13-9-11-14(19-2)12-10-13/h9-12,15-17H,3-8,18H2,1-2H3. The summed E-state index contributed by atoms with van der Waals surface area (Å²) in [5.74, 6) is 0.917. The lowest BCUT2D eigenvalue weighted by Crippen LogP contribution is -2.27. The molecule has 3 heteroatoms. The number of ether oxygens (including phenoxy) is 1. The number of methoxy groups -OCH3 is 1. The van der Waals surface area contributed by atoms with Crippen LogP contribution in [0.1, 0.15) is 56.3 Å². The first kappa shape index (κ1) is 15.7. The van der Waals surface area contributed by atoms with Gasteiger partial charge in [0.05, 0.1) is 7.11 Å². The molecule has 2 atom stereocenters. The maximum absolute atomic E-state index is 6.38. The van der Waals surface area contributed by atoms with E-state index in [9.17, 15) is 0 Å². The largest absolute Gasteiger partial charge is 0.497 e. The summed E-state index contributed by atoms with van der Waals surface area (Å²) in [6, 6.07) is 8.68. The highest BCUT2D eigenvalue weighted by Crippen LogP contribution is 2.41. The minimum Gasteiger partial charge on any atom is -0.497 e. The Hall–Kier alpha value is -0.670. The Kier molecular flexibility index (Phi) is 6.24. The SMILES string of the molecule is CCC(N)C(SC1CCCCC1)c1ccc(OC)cc1. The fraction of sp³-hybridized carbons (Fsp3) is 0.647. The van der Waals surface area contributed by atoms with Gasteiger partial charge in [0.1, 0.15) is 5.75 Å². The third-order valence-corrected chi connectivity index (χ3v) is 5.97. The molecule has 0 aliphatic heterocycles. The van der Waals surface area contributed by atoms with E-state index in [1.807, 2.05) is 12.1 Å². The molecular formula is C17H27NOS. The number of thioether (sulfide) groups is 1. The van der Waals surface area contributed by atoms with Crippen LogP contribution in [0.25, 0.3) is 0 Å². The summed E-state index contributed by atoms with van der Waals surface area (Å²) < 4.78 is 5.25. The highest BCUT2D eigenvalue weighted by atomic mass is 32.2. The maximum Gasteiger partial charge on any atom is 0.118 e. The molecule has 0 aromatic heterocycles. The molecule has 0 saturated heterocycles. The molecule has 20 heavy (non-hydrogen) atoms. The molecule has 0 radical (unpaired) electrons. The van der Waals surface area contributed by atoms with Gasteiger partial charge in [-0.05, 0) is 37.0 Å². The highest BCUT2D eigenvalue weighted by Gasteiger charge is 2.24. The van der Waals surface area contributed by atoms with E-state index in [1.54, 1.807) is 7.11 Å². The average molecular weight is 293 g/mol. The summed E-state index contributed by atoms with van der Waals surface area (Å²) in [6.45, 7) is 2.18. The van der Waals surface area contributed by atoms with Crippen molar-refractivity contribution in [1.82, 2.24) is 0 Å². The molecule has 1 aliphatic carbocycles. The predicted molar refractivity (Wildman–Crippen MR) is 88.5 cm³/mol. The van der Waals surface area contributed by atoms with Crippen LogP contribution in [0.2, 0.25) is 0 Å². The molecule has 2 nitrogen and oxygen atoms in total. The maximum atomic E-state index is 6.38. The topological polar surface area (TPSA) is 35.2 Å². The lowest BCUT2D eigenvalue weighted by atomic mass is 10.0. The van der Waals surface area contributed by atoms with Crippen LogP contribution in [0.15, 0.2) is 24.3 Å². The molecule has 1 saturated carbocycles. The Morgan fingerprint density at radius 3 is 2.40 bits per heavy atom. The lowest BCUT2D eigenvalue weighted by Gasteiger charge is -2.29. The van der Waals surface area contributed by atoms with Crippen LogP contribution < -0.4 is 10.5 Å². The first-order valence-corrected chi connectivity index (χ1v) is 8.74. The Balaban J connectivity index is 2.08. The molecule has 2 N–H and O–H groups in total. The van der Waals surface area contributed by atoms with Gasteiger partial charge in [0, 0.05) is 16.5 Å². The minimum absolute atomic E-state index is 0.232. The van der Waals surface area contributed by atoms with E-state index in [-0.39, 0.29) is 6.04 Å². The van der Waals surface area contributed by atoms with Crippen molar-refractivity contribution in [2.75, 3.05) is 7.11 Å². The fourth-order valence-electron chi connectivity index (χ4n) is 2.84. The third kappa shape index (κ3) is 4.16. The minimum atomic E-state index is 0.232. The van der Waals surface area contributed by atoms with E-state index in [0.717, 1.165) is 17.4 Å². The monoisotopic (exact) mass is 293 g/mol. The number of hydrogen-bond acceptors (Lipinski definition) is 3. The normalized spacial score (nSPS) is 19.6. The second-order valence-corrected chi connectivity index (χ2v) is 7.11. The Bertz CT molecular complexity index is 386. The van der Waals surface area contributed by atoms with Crippen molar-refractivity contribution in [2.45, 2.75) is 62.0 Å². The van der Waals surface area contributed by atoms with E-state index < -0.39 is 0 Å². The molecule has 1 aliphatic rings. The third-order valence-electron chi connectivity index (χ3n) is 4.20. The average Bonchev–Trinajstić information content (AvgIpc) is 2.53. The van der Waals surface area contributed by atoms with Crippen LogP contribution in [0.5, 0.6) is 5.75 Å². The van der Waals surface area contributed by atoms with E-state index in [0.29, 0.717) is 5.25 Å². The van der Waals surface area contributed by atoms with Gasteiger partial charge in [-0.15, -0.1) is 11.8 Å². The van der Waals surface area contributed by atoms with Gasteiger partial charge in [-0.2, -0.15) is 0 Å². The van der Waals surface area contributed by atoms with E-state index >= 15 is 0 Å². The van der Waals surface area contributed by atoms with Crippen molar-refractivity contribution >= 4 is 11.8 Å². The van der Waals surface area contributed by atoms with Crippen LogP contribution in [0.3, 0.4) is 0 Å². The zero-order valence-electron chi connectivity index (χ0n) is 12.7. The van der Waals surface area contributed by atoms with Gasteiger partial charge >= 0.3 is 0 Å². The van der Waals surface area contributed by atoms with Gasteiger partial charge in [-0.3, -0.25) is 0 Å². The Morgan fingerprint density at radius 1 is 1.20 bits per heavy atom. The van der Waals surface area contributed by atoms with Crippen molar-refractivity contribution in [2.24, 2.45) is 5.73 Å². The molecule has 0 heterocycles. The van der Waals surface area contributed by atoms with E-state index in [4.69, 9.17) is 10.5 Å². The van der Waals surface area contributed by atoms with Gasteiger partial charge in [0.15, 0.2) is 0 Å². The number of benzene rings is 1. The fourth-order valence-corrected chi connectivity index (χ4v) is 4.57. The van der Waals surface area contributed by atoms with Crippen LogP contribution >= 0.6 is 11.8 Å². The van der Waals surface area contributed by atoms with Crippen LogP contribution in [-0.2, 0) is 0 Å². The van der Waals surface area contributed by atoms with Gasteiger partial charge < -0.3 is 10.5 Å². The molecule has 112 valence electrons. The first-order valence-electron chi connectivity index (χ1n) is 7.79. The summed E-state index contributed by atoms with van der Waals surface area (Å²) in [5.41, 5.74) is 7.73. The first-order chi connectivity index (χ1) is 9.74. The summed E-state index contributed by atoms with van der Waals surface area (Å²) in [6.07, 6.45) is 7.91. The Labute approximate surface area is 127 Å². The lowest BCUT2D eigenvalue weighted by molar-refractivity contribution is 0.414. The van der Waals surface area contributed by atoms with Crippen LogP contribution in [-0.4, -0.2) is 18.4 Å². The quantitative estimate of drug-likeness (QED) is 0.836. The summed E-state index contributed by atoms with van der Waals surface area (Å²) in [4.78, 5) is 0. The van der Waals surface area contributed by atoms with E-state index in [2.05, 4.69) is 30.8 Å². The van der Waals surface area contributed by atoms with Gasteiger partial charge in [0.25, 0.3) is 0 Å². The summed E-state index contributed by atoms with van der Waals surface area (Å²) in [7, 11) is 1.71. The highest BCUT2D eigenvalue weighted by molar-refractivity contribution is 8.00. The molecule has 0 amide bonds. The van der Waals surface area contributed by atoms with Gasteiger partial charge in [0.2, 0.25) is 0 Å². The van der Waals surface area contributed by atoms with Crippen molar-refractivity contribution in [3.8, 4) is 5.75 Å². The second kappa shape index (κ2) is 7.94. The number of nitrogens with two attached hydrogens (primary N) is 1. The number of rotatable bonds is 6. The van der Waals surface area contributed by atoms with Gasteiger partial charge in [-0.25, -0.2) is 0 Å². The van der Waals surface area contributed by atoms with Gasteiger partial charge in [-0.1, -0.05) is 38.3 Å². The molecule has 0 spiro atoms. The number of hydrogen-bond donors (Lipinski definition) is 1. The zero-order valence-corrected chi connectivity index (χ0v) is 13.5. The Morgan fingerprint density at radius 2 is 1.85 bits per heavy atom. The van der Waals surface area contributed by atoms with E-state index in [1.165, 1.54) is 37.7 Å². The molecule has 0 bridgehead atoms. The molecule has 1 fully saturated rings. The van der Waals surface area contributed by atoms with Crippen LogP contribution in [0, 0.1) is 0 Å². The van der Waals surface area contributed by atoms with Crippen LogP contribution in [0.4, 0.5) is 0 Å². The summed E-state index contributed by atoms with van der Waals surface area (Å²) in [5, 5.41) is 1.20. The van der Waals surface area contributed by atoms with Crippen molar-refractivity contribution in [1.29, 1.82) is 0 Å². The molecule has 1 aromatic rings.